The Morgan fingerprint density at radius 1 is 0.378 bits per heavy atom. The predicted molar refractivity (Wildman–Crippen MR) is 143 cm³/mol. The van der Waals surface area contributed by atoms with Crippen LogP contribution in [0.5, 0.6) is 0 Å². The lowest BCUT2D eigenvalue weighted by Gasteiger charge is -2.08. The number of hydrogen-bond donors (Lipinski definition) is 7. The molecule has 3 rings (SSSR count). The zero-order chi connectivity index (χ0) is 26.5. The van der Waals surface area contributed by atoms with E-state index in [1.165, 1.54) is 0 Å². The van der Waals surface area contributed by atoms with Gasteiger partial charge in [0.05, 0.1) is 0 Å². The Morgan fingerprint density at radius 2 is 0.730 bits per heavy atom. The summed E-state index contributed by atoms with van der Waals surface area (Å²) >= 11 is 0. The second-order valence-corrected chi connectivity index (χ2v) is 8.46. The zero-order valence-corrected chi connectivity index (χ0v) is 20.9. The van der Waals surface area contributed by atoms with Crippen LogP contribution in [-0.2, 0) is 12.8 Å². The summed E-state index contributed by atoms with van der Waals surface area (Å²) in [5.74, 6) is 2.97. The fourth-order valence-corrected chi connectivity index (χ4v) is 3.61. The summed E-state index contributed by atoms with van der Waals surface area (Å²) in [7, 11) is 0. The van der Waals surface area contributed by atoms with E-state index in [9.17, 15) is 0 Å². The Bertz CT molecular complexity index is 999. The molecule has 0 saturated heterocycles. The maximum atomic E-state index is 5.87. The Hall–Kier alpha value is -4.37. The van der Waals surface area contributed by atoms with Crippen molar-refractivity contribution in [1.29, 1.82) is 0 Å². The van der Waals surface area contributed by atoms with Crippen LogP contribution in [-0.4, -0.2) is 57.9 Å². The number of unbranched alkanes of at least 4 members (excludes halogenated alkanes) is 6. The van der Waals surface area contributed by atoms with Gasteiger partial charge in [0.2, 0.25) is 41.6 Å². The molecule has 16 nitrogen and oxygen atoms in total. The minimum Gasteiger partial charge on any atom is -0.368 e. The van der Waals surface area contributed by atoms with Crippen LogP contribution >= 0.6 is 0 Å². The number of nitrogens with two attached hydrogens (primary N) is 5. The third kappa shape index (κ3) is 10.4. The highest BCUT2D eigenvalue weighted by atomic mass is 15.2. The zero-order valence-electron chi connectivity index (χ0n) is 20.9. The molecule has 3 heterocycles. The van der Waals surface area contributed by atoms with Crippen molar-refractivity contribution >= 4 is 41.6 Å². The minimum atomic E-state index is 0.0975. The second kappa shape index (κ2) is 14.3. The van der Waals surface area contributed by atoms with Gasteiger partial charge in [0.25, 0.3) is 0 Å². The fraction of sp³-hybridized carbons (Fsp3) is 0.571. The number of rotatable bonds is 16. The van der Waals surface area contributed by atoms with E-state index in [2.05, 4.69) is 55.5 Å². The number of nitrogen functional groups attached to an aromatic ring is 5. The normalized spacial score (nSPS) is 10.9. The molecule has 16 heteroatoms. The third-order valence-corrected chi connectivity index (χ3v) is 5.31. The van der Waals surface area contributed by atoms with Gasteiger partial charge in [-0.2, -0.15) is 44.9 Å². The second-order valence-electron chi connectivity index (χ2n) is 8.46. The lowest BCUT2D eigenvalue weighted by atomic mass is 10.1. The van der Waals surface area contributed by atoms with E-state index in [1.54, 1.807) is 0 Å². The summed E-state index contributed by atoms with van der Waals surface area (Å²) in [6, 6.07) is 0. The molecule has 200 valence electrons. The highest BCUT2D eigenvalue weighted by Crippen LogP contribution is 2.11. The molecule has 0 saturated carbocycles. The quantitative estimate of drug-likeness (QED) is 0.129. The largest absolute Gasteiger partial charge is 0.368 e. The lowest BCUT2D eigenvalue weighted by molar-refractivity contribution is 0.599. The van der Waals surface area contributed by atoms with E-state index in [0.29, 0.717) is 30.1 Å². The van der Waals surface area contributed by atoms with Gasteiger partial charge >= 0.3 is 0 Å². The number of nitrogens with zero attached hydrogens (tertiary/aromatic N) is 9. The van der Waals surface area contributed by atoms with E-state index in [-0.39, 0.29) is 29.7 Å². The minimum absolute atomic E-state index is 0.0975. The number of hydrogen-bond acceptors (Lipinski definition) is 16. The van der Waals surface area contributed by atoms with Crippen molar-refractivity contribution in [2.24, 2.45) is 0 Å². The Balaban J connectivity index is 1.25. The maximum absolute atomic E-state index is 5.87. The first-order valence-corrected chi connectivity index (χ1v) is 12.4. The van der Waals surface area contributed by atoms with Crippen LogP contribution in [0.2, 0.25) is 0 Å². The van der Waals surface area contributed by atoms with Crippen LogP contribution in [0.25, 0.3) is 0 Å². The van der Waals surface area contributed by atoms with E-state index in [0.717, 1.165) is 70.8 Å². The molecule has 12 N–H and O–H groups in total. The van der Waals surface area contributed by atoms with Crippen LogP contribution in [0.15, 0.2) is 0 Å². The molecular formula is C21H36N16. The molecule has 0 aliphatic rings. The summed E-state index contributed by atoms with van der Waals surface area (Å²) < 4.78 is 0. The Kier molecular flexibility index (Phi) is 10.5. The summed E-state index contributed by atoms with van der Waals surface area (Å²) in [6.45, 7) is 1.43. The molecule has 3 aromatic rings. The summed E-state index contributed by atoms with van der Waals surface area (Å²) in [5.41, 5.74) is 28.2. The van der Waals surface area contributed by atoms with Gasteiger partial charge in [-0.3, -0.25) is 0 Å². The van der Waals surface area contributed by atoms with Crippen LogP contribution in [0.3, 0.4) is 0 Å². The molecule has 0 aliphatic carbocycles. The van der Waals surface area contributed by atoms with Crippen LogP contribution in [0.4, 0.5) is 41.6 Å². The number of aryl methyl sites for hydroxylation is 2. The van der Waals surface area contributed by atoms with E-state index >= 15 is 0 Å². The van der Waals surface area contributed by atoms with Crippen molar-refractivity contribution in [2.45, 2.75) is 64.2 Å². The summed E-state index contributed by atoms with van der Waals surface area (Å²) in [4.78, 5) is 36.6. The maximum Gasteiger partial charge on any atom is 0.229 e. The van der Waals surface area contributed by atoms with Crippen molar-refractivity contribution in [2.75, 3.05) is 52.4 Å². The molecule has 0 spiro atoms. The molecule has 0 amide bonds. The van der Waals surface area contributed by atoms with Crippen molar-refractivity contribution in [3.63, 3.8) is 0 Å². The third-order valence-electron chi connectivity index (χ3n) is 5.31. The van der Waals surface area contributed by atoms with Gasteiger partial charge < -0.3 is 39.3 Å². The topological polar surface area (TPSA) is 270 Å². The fourth-order valence-electron chi connectivity index (χ4n) is 3.61. The van der Waals surface area contributed by atoms with Crippen LogP contribution < -0.4 is 39.3 Å². The van der Waals surface area contributed by atoms with Gasteiger partial charge in [-0.1, -0.05) is 19.3 Å². The van der Waals surface area contributed by atoms with Gasteiger partial charge in [0, 0.05) is 25.9 Å². The SMILES string of the molecule is Nc1nc(N)nc(CCCCCCCc2nc(N)nc(NCCCCCNc3nc(N)nc(N)n3)n2)n1. The first-order valence-electron chi connectivity index (χ1n) is 12.4. The average molecular weight is 513 g/mol. The predicted octanol–water partition coefficient (Wildman–Crippen LogP) is 0.583. The molecule has 0 aliphatic heterocycles. The molecule has 0 radical (unpaired) electrons. The number of anilines is 7. The van der Waals surface area contributed by atoms with Crippen LogP contribution in [0.1, 0.15) is 63.0 Å². The number of nitrogens with one attached hydrogen (secondary N) is 2. The molecular weight excluding hydrogens is 476 g/mol. The van der Waals surface area contributed by atoms with Crippen molar-refractivity contribution in [1.82, 2.24) is 44.9 Å². The molecule has 0 unspecified atom stereocenters. The molecule has 37 heavy (non-hydrogen) atoms. The van der Waals surface area contributed by atoms with Crippen molar-refractivity contribution < 1.29 is 0 Å². The summed E-state index contributed by atoms with van der Waals surface area (Å²) in [5, 5.41) is 6.32. The van der Waals surface area contributed by atoms with E-state index in [1.807, 2.05) is 0 Å². The molecule has 0 atom stereocenters. The molecule has 0 fully saturated rings. The van der Waals surface area contributed by atoms with Crippen molar-refractivity contribution in [3.05, 3.63) is 11.6 Å². The Labute approximate surface area is 215 Å². The highest BCUT2D eigenvalue weighted by Gasteiger charge is 2.06. The standard InChI is InChI=1S/C21H36N16/c22-15-29-13(30-16(23)33-15)9-5-2-1-3-6-10-14-31-17(24)35-20(32-14)27-11-7-4-8-12-28-21-36-18(25)34-19(26)37-21/h1-12H2,(H4,22,23,29,30,33)(H3,24,27,31,32,35)(H5,25,26,28,34,36,37). The average Bonchev–Trinajstić information content (AvgIpc) is 2.81. The van der Waals surface area contributed by atoms with E-state index < -0.39 is 0 Å². The van der Waals surface area contributed by atoms with Gasteiger partial charge in [-0.05, 0) is 32.1 Å². The smallest absolute Gasteiger partial charge is 0.229 e. The molecule has 3 aromatic heterocycles. The molecule has 0 bridgehead atoms. The van der Waals surface area contributed by atoms with Gasteiger partial charge in [0.1, 0.15) is 11.6 Å². The highest BCUT2D eigenvalue weighted by molar-refractivity contribution is 5.37. The Morgan fingerprint density at radius 3 is 1.24 bits per heavy atom. The summed E-state index contributed by atoms with van der Waals surface area (Å²) in [6.07, 6.45) is 9.48. The van der Waals surface area contributed by atoms with Gasteiger partial charge in [-0.25, -0.2) is 0 Å². The van der Waals surface area contributed by atoms with Crippen LogP contribution in [0, 0.1) is 0 Å². The first-order chi connectivity index (χ1) is 17.9. The molecule has 0 aromatic carbocycles. The number of aromatic nitrogens is 9. The monoisotopic (exact) mass is 512 g/mol. The van der Waals surface area contributed by atoms with Gasteiger partial charge in [0.15, 0.2) is 0 Å². The van der Waals surface area contributed by atoms with E-state index in [4.69, 9.17) is 28.7 Å². The van der Waals surface area contributed by atoms with Crippen molar-refractivity contribution in [3.8, 4) is 0 Å². The lowest BCUT2D eigenvalue weighted by Crippen LogP contribution is -2.12. The van der Waals surface area contributed by atoms with Gasteiger partial charge in [-0.15, -0.1) is 0 Å². The first kappa shape index (κ1) is 27.2.